The summed E-state index contributed by atoms with van der Waals surface area (Å²) in [6.07, 6.45) is -0.788. The number of ether oxygens (including phenoxy) is 2. The molecule has 72 valence electrons. The van der Waals surface area contributed by atoms with Crippen molar-refractivity contribution < 1.29 is 19.1 Å². The highest BCUT2D eigenvalue weighted by Gasteiger charge is 2.34. The number of rotatable bonds is 1. The van der Waals surface area contributed by atoms with E-state index < -0.39 is 18.0 Å². The Balaban J connectivity index is 2.56. The first kappa shape index (κ1) is 8.90. The maximum absolute atomic E-state index is 11.3. The van der Waals surface area contributed by atoms with Crippen LogP contribution in [-0.4, -0.2) is 19.0 Å². The first-order valence-corrected chi connectivity index (χ1v) is 4.12. The number of esters is 2. The van der Waals surface area contributed by atoms with Gasteiger partial charge in [0.2, 0.25) is 0 Å². The number of benzene rings is 1. The molecule has 0 radical (unpaired) electrons. The van der Waals surface area contributed by atoms with E-state index in [-0.39, 0.29) is 0 Å². The van der Waals surface area contributed by atoms with Gasteiger partial charge >= 0.3 is 11.9 Å². The molecule has 1 heterocycles. The Labute approximate surface area is 80.4 Å². The second-order valence-corrected chi connectivity index (χ2v) is 2.91. The van der Waals surface area contributed by atoms with Crippen molar-refractivity contribution in [1.29, 1.82) is 0 Å². The van der Waals surface area contributed by atoms with Crippen molar-refractivity contribution in [2.24, 2.45) is 0 Å². The predicted molar refractivity (Wildman–Crippen MR) is 46.6 cm³/mol. The Morgan fingerprint density at radius 2 is 2.00 bits per heavy atom. The van der Waals surface area contributed by atoms with Crippen LogP contribution in [0.2, 0.25) is 0 Å². The van der Waals surface area contributed by atoms with Crippen LogP contribution >= 0.6 is 0 Å². The Bertz CT molecular complexity index is 397. The molecule has 4 nitrogen and oxygen atoms in total. The molecule has 0 fully saturated rings. The zero-order valence-electron chi connectivity index (χ0n) is 7.52. The Hall–Kier alpha value is -1.68. The van der Waals surface area contributed by atoms with Gasteiger partial charge in [0, 0.05) is 12.7 Å². The average molecular weight is 192 g/mol. The SMILES string of the molecule is CO[C@@H]1C(=O)OC(=O)c2ccccc21. The monoisotopic (exact) mass is 192 g/mol. The third kappa shape index (κ3) is 1.20. The zero-order chi connectivity index (χ0) is 10.1. The number of fused-ring (bicyclic) bond motifs is 1. The van der Waals surface area contributed by atoms with E-state index in [1.807, 2.05) is 0 Å². The third-order valence-electron chi connectivity index (χ3n) is 2.11. The predicted octanol–water partition coefficient (Wildman–Crippen LogP) is 1.07. The molecule has 0 saturated carbocycles. The number of cyclic esters (lactones) is 2. The Kier molecular flexibility index (Phi) is 2.05. The normalized spacial score (nSPS) is 20.2. The summed E-state index contributed by atoms with van der Waals surface area (Å²) in [6, 6.07) is 6.75. The van der Waals surface area contributed by atoms with E-state index in [1.165, 1.54) is 7.11 Å². The summed E-state index contributed by atoms with van der Waals surface area (Å²) in [4.78, 5) is 22.5. The second kappa shape index (κ2) is 3.23. The lowest BCUT2D eigenvalue weighted by Crippen LogP contribution is -2.28. The Morgan fingerprint density at radius 3 is 2.71 bits per heavy atom. The molecular weight excluding hydrogens is 184 g/mol. The van der Waals surface area contributed by atoms with Crippen LogP contribution in [0.15, 0.2) is 24.3 Å². The number of hydrogen-bond acceptors (Lipinski definition) is 4. The molecule has 0 unspecified atom stereocenters. The topological polar surface area (TPSA) is 52.6 Å². The molecule has 0 spiro atoms. The molecule has 1 aliphatic heterocycles. The van der Waals surface area contributed by atoms with Crippen molar-refractivity contribution in [3.63, 3.8) is 0 Å². The van der Waals surface area contributed by atoms with E-state index in [1.54, 1.807) is 24.3 Å². The summed E-state index contributed by atoms with van der Waals surface area (Å²) in [6.45, 7) is 0. The van der Waals surface area contributed by atoms with Gasteiger partial charge in [0.25, 0.3) is 0 Å². The van der Waals surface area contributed by atoms with E-state index in [9.17, 15) is 9.59 Å². The lowest BCUT2D eigenvalue weighted by atomic mass is 10.0. The molecule has 0 aliphatic carbocycles. The molecule has 0 amide bonds. The maximum Gasteiger partial charge on any atom is 0.347 e. The number of carbonyl (C=O) groups is 2. The van der Waals surface area contributed by atoms with Gasteiger partial charge in [-0.05, 0) is 6.07 Å². The van der Waals surface area contributed by atoms with Crippen molar-refractivity contribution in [3.8, 4) is 0 Å². The Morgan fingerprint density at radius 1 is 1.29 bits per heavy atom. The highest BCUT2D eigenvalue weighted by Crippen LogP contribution is 2.27. The number of methoxy groups -OCH3 is 1. The molecular formula is C10H8O4. The van der Waals surface area contributed by atoms with Gasteiger partial charge in [-0.15, -0.1) is 0 Å². The molecule has 14 heavy (non-hydrogen) atoms. The van der Waals surface area contributed by atoms with E-state index >= 15 is 0 Å². The maximum atomic E-state index is 11.3. The molecule has 4 heteroatoms. The number of carbonyl (C=O) groups excluding carboxylic acids is 2. The van der Waals surface area contributed by atoms with Gasteiger partial charge in [0.05, 0.1) is 5.56 Å². The van der Waals surface area contributed by atoms with Crippen molar-refractivity contribution in [1.82, 2.24) is 0 Å². The third-order valence-corrected chi connectivity index (χ3v) is 2.11. The summed E-state index contributed by atoms with van der Waals surface area (Å²) >= 11 is 0. The van der Waals surface area contributed by atoms with Crippen LogP contribution in [0.3, 0.4) is 0 Å². The van der Waals surface area contributed by atoms with Crippen LogP contribution in [0.5, 0.6) is 0 Å². The summed E-state index contributed by atoms with van der Waals surface area (Å²) in [5, 5.41) is 0. The van der Waals surface area contributed by atoms with Gasteiger partial charge in [0.15, 0.2) is 6.10 Å². The van der Waals surface area contributed by atoms with Gasteiger partial charge in [0.1, 0.15) is 0 Å². The van der Waals surface area contributed by atoms with Gasteiger partial charge in [-0.25, -0.2) is 9.59 Å². The van der Waals surface area contributed by atoms with E-state index in [2.05, 4.69) is 4.74 Å². The van der Waals surface area contributed by atoms with Gasteiger partial charge in [-0.1, -0.05) is 18.2 Å². The van der Waals surface area contributed by atoms with Gasteiger partial charge in [-0.3, -0.25) is 0 Å². The first-order valence-electron chi connectivity index (χ1n) is 4.12. The quantitative estimate of drug-likeness (QED) is 0.493. The van der Waals surface area contributed by atoms with Crippen molar-refractivity contribution in [2.45, 2.75) is 6.10 Å². The first-order chi connectivity index (χ1) is 6.74. The molecule has 1 aliphatic rings. The second-order valence-electron chi connectivity index (χ2n) is 2.91. The van der Waals surface area contributed by atoms with Crippen LogP contribution < -0.4 is 0 Å². The van der Waals surface area contributed by atoms with Crippen LogP contribution in [0.4, 0.5) is 0 Å². The summed E-state index contributed by atoms with van der Waals surface area (Å²) < 4.78 is 9.46. The van der Waals surface area contributed by atoms with Crippen molar-refractivity contribution in [3.05, 3.63) is 35.4 Å². The molecule has 1 atom stereocenters. The fourth-order valence-electron chi connectivity index (χ4n) is 1.46. The van der Waals surface area contributed by atoms with Crippen LogP contribution in [0, 0.1) is 0 Å². The van der Waals surface area contributed by atoms with Crippen molar-refractivity contribution >= 4 is 11.9 Å². The van der Waals surface area contributed by atoms with E-state index in [0.29, 0.717) is 11.1 Å². The number of hydrogen-bond donors (Lipinski definition) is 0. The molecule has 1 aromatic carbocycles. The average Bonchev–Trinajstić information content (AvgIpc) is 2.18. The van der Waals surface area contributed by atoms with Crippen LogP contribution in [0.1, 0.15) is 22.0 Å². The molecule has 0 N–H and O–H groups in total. The largest absolute Gasteiger partial charge is 0.387 e. The van der Waals surface area contributed by atoms with Crippen LogP contribution in [-0.2, 0) is 14.3 Å². The minimum atomic E-state index is -0.788. The fourth-order valence-corrected chi connectivity index (χ4v) is 1.46. The van der Waals surface area contributed by atoms with E-state index in [4.69, 9.17) is 4.74 Å². The summed E-state index contributed by atoms with van der Waals surface area (Å²) in [5.74, 6) is -1.27. The van der Waals surface area contributed by atoms with Gasteiger partial charge in [-0.2, -0.15) is 0 Å². The lowest BCUT2D eigenvalue weighted by Gasteiger charge is -2.21. The molecule has 0 bridgehead atoms. The zero-order valence-corrected chi connectivity index (χ0v) is 7.52. The molecule has 0 saturated heterocycles. The summed E-state index contributed by atoms with van der Waals surface area (Å²) in [7, 11) is 1.40. The highest BCUT2D eigenvalue weighted by molar-refractivity contribution is 6.03. The molecule has 0 aromatic heterocycles. The minimum absolute atomic E-state index is 0.388. The molecule has 1 aromatic rings. The minimum Gasteiger partial charge on any atom is -0.387 e. The lowest BCUT2D eigenvalue weighted by molar-refractivity contribution is -0.151. The van der Waals surface area contributed by atoms with Crippen LogP contribution in [0.25, 0.3) is 0 Å². The standard InChI is InChI=1S/C10H8O4/c1-13-8-6-4-2-3-5-7(6)9(11)14-10(8)12/h2-5,8H,1H3/t8-/m0/s1. The highest BCUT2D eigenvalue weighted by atomic mass is 16.6. The summed E-state index contributed by atoms with van der Waals surface area (Å²) in [5.41, 5.74) is 0.954. The van der Waals surface area contributed by atoms with Crippen molar-refractivity contribution in [2.75, 3.05) is 7.11 Å². The molecule has 2 rings (SSSR count). The van der Waals surface area contributed by atoms with Gasteiger partial charge < -0.3 is 9.47 Å². The van der Waals surface area contributed by atoms with E-state index in [0.717, 1.165) is 0 Å². The smallest absolute Gasteiger partial charge is 0.347 e. The fraction of sp³-hybridized carbons (Fsp3) is 0.200.